The number of hydrogen-bond donors (Lipinski definition) is 3. The summed E-state index contributed by atoms with van der Waals surface area (Å²) in [6.07, 6.45) is 10.3. The molecule has 7 rings (SSSR count). The standard InChI is InChI=1S/C28H20FN7O/c29-22-4-2-1-3-18(22)21-12-31-13-25-19(21)8-24(34-25)27-20-9-23(32-14-26(20)35-36-27)16-7-17(11-30-10-16)33-28(37)15-5-6-15/h1-4,7-15,34H,5-6H2,(H,33,37)(H,35,36). The van der Waals surface area contributed by atoms with Crippen LogP contribution in [0.4, 0.5) is 10.1 Å². The zero-order chi connectivity index (χ0) is 24.9. The average molecular weight is 490 g/mol. The van der Waals surface area contributed by atoms with Crippen molar-refractivity contribution in [2.45, 2.75) is 12.8 Å². The van der Waals surface area contributed by atoms with Crippen LogP contribution in [-0.4, -0.2) is 36.0 Å². The monoisotopic (exact) mass is 489 g/mol. The van der Waals surface area contributed by atoms with Crippen molar-refractivity contribution in [1.82, 2.24) is 30.1 Å². The van der Waals surface area contributed by atoms with Crippen LogP contribution < -0.4 is 5.32 Å². The predicted octanol–water partition coefficient (Wildman–Crippen LogP) is 5.72. The number of aromatic nitrogens is 6. The molecule has 0 bridgehead atoms. The highest BCUT2D eigenvalue weighted by molar-refractivity contribution is 6.01. The third-order valence-corrected chi connectivity index (χ3v) is 6.66. The summed E-state index contributed by atoms with van der Waals surface area (Å²) in [5.74, 6) is -0.163. The lowest BCUT2D eigenvalue weighted by atomic mass is 10.0. The zero-order valence-corrected chi connectivity index (χ0v) is 19.5. The number of nitrogens with one attached hydrogen (secondary N) is 3. The van der Waals surface area contributed by atoms with Gasteiger partial charge < -0.3 is 10.3 Å². The van der Waals surface area contributed by atoms with E-state index in [-0.39, 0.29) is 17.6 Å². The van der Waals surface area contributed by atoms with Crippen LogP contribution in [0.25, 0.3) is 55.6 Å². The van der Waals surface area contributed by atoms with Crippen LogP contribution in [-0.2, 0) is 4.79 Å². The number of hydrogen-bond acceptors (Lipinski definition) is 5. The lowest BCUT2D eigenvalue weighted by Gasteiger charge is -2.06. The Hall–Kier alpha value is -4.92. The number of amides is 1. The molecule has 5 aromatic heterocycles. The third kappa shape index (κ3) is 3.81. The molecule has 1 amide bonds. The van der Waals surface area contributed by atoms with Gasteiger partial charge in [0.05, 0.1) is 46.7 Å². The van der Waals surface area contributed by atoms with Crippen LogP contribution in [0.1, 0.15) is 12.8 Å². The summed E-state index contributed by atoms with van der Waals surface area (Å²) in [6, 6.07) is 12.4. The third-order valence-electron chi connectivity index (χ3n) is 6.66. The Morgan fingerprint density at radius 2 is 1.78 bits per heavy atom. The van der Waals surface area contributed by atoms with Crippen molar-refractivity contribution in [2.24, 2.45) is 5.92 Å². The molecule has 5 heterocycles. The molecule has 3 N–H and O–H groups in total. The van der Waals surface area contributed by atoms with Crippen molar-refractivity contribution in [3.63, 3.8) is 0 Å². The first-order valence-corrected chi connectivity index (χ1v) is 12.0. The molecular formula is C28H20FN7O. The second kappa shape index (κ2) is 8.34. The van der Waals surface area contributed by atoms with E-state index in [2.05, 4.69) is 35.5 Å². The molecule has 1 aliphatic rings. The number of aromatic amines is 2. The van der Waals surface area contributed by atoms with Gasteiger partial charge in [-0.15, -0.1) is 0 Å². The number of anilines is 1. The molecule has 37 heavy (non-hydrogen) atoms. The number of carbonyl (C=O) groups is 1. The normalized spacial score (nSPS) is 13.3. The molecule has 1 aliphatic carbocycles. The van der Waals surface area contributed by atoms with Gasteiger partial charge in [0, 0.05) is 45.8 Å². The lowest BCUT2D eigenvalue weighted by Crippen LogP contribution is -2.13. The van der Waals surface area contributed by atoms with Gasteiger partial charge in [-0.2, -0.15) is 5.10 Å². The molecule has 1 aromatic carbocycles. The van der Waals surface area contributed by atoms with Crippen molar-refractivity contribution < 1.29 is 9.18 Å². The molecule has 0 unspecified atom stereocenters. The Morgan fingerprint density at radius 1 is 0.919 bits per heavy atom. The summed E-state index contributed by atoms with van der Waals surface area (Å²) >= 11 is 0. The molecule has 0 atom stereocenters. The van der Waals surface area contributed by atoms with E-state index in [1.165, 1.54) is 6.07 Å². The van der Waals surface area contributed by atoms with E-state index in [4.69, 9.17) is 0 Å². The fourth-order valence-corrected chi connectivity index (χ4v) is 4.59. The smallest absolute Gasteiger partial charge is 0.227 e. The van der Waals surface area contributed by atoms with E-state index in [1.807, 2.05) is 24.3 Å². The highest BCUT2D eigenvalue weighted by Gasteiger charge is 2.29. The molecule has 1 fully saturated rings. The molecule has 0 radical (unpaired) electrons. The predicted molar refractivity (Wildman–Crippen MR) is 139 cm³/mol. The first-order valence-electron chi connectivity index (χ1n) is 12.0. The summed E-state index contributed by atoms with van der Waals surface area (Å²) in [4.78, 5) is 28.7. The lowest BCUT2D eigenvalue weighted by molar-refractivity contribution is -0.117. The highest BCUT2D eigenvalue weighted by Crippen LogP contribution is 2.35. The number of pyridine rings is 3. The largest absolute Gasteiger partial charge is 0.352 e. The second-order valence-corrected chi connectivity index (χ2v) is 9.22. The van der Waals surface area contributed by atoms with Gasteiger partial charge in [-0.1, -0.05) is 18.2 Å². The van der Waals surface area contributed by atoms with Crippen LogP contribution >= 0.6 is 0 Å². The topological polar surface area (TPSA) is 112 Å². The number of carbonyl (C=O) groups excluding carboxylic acids is 1. The molecule has 8 nitrogen and oxygen atoms in total. The maximum Gasteiger partial charge on any atom is 0.227 e. The second-order valence-electron chi connectivity index (χ2n) is 9.22. The van der Waals surface area contributed by atoms with E-state index in [0.717, 1.165) is 45.9 Å². The molecule has 0 aliphatic heterocycles. The fraction of sp³-hybridized carbons (Fsp3) is 0.107. The van der Waals surface area contributed by atoms with E-state index in [1.54, 1.807) is 43.1 Å². The van der Waals surface area contributed by atoms with Gasteiger partial charge in [0.2, 0.25) is 5.91 Å². The minimum atomic E-state index is -0.301. The quantitative estimate of drug-likeness (QED) is 0.287. The van der Waals surface area contributed by atoms with Gasteiger partial charge in [-0.05, 0) is 37.1 Å². The van der Waals surface area contributed by atoms with Gasteiger partial charge >= 0.3 is 0 Å². The first-order chi connectivity index (χ1) is 18.1. The average Bonchev–Trinajstić information content (AvgIpc) is 3.55. The van der Waals surface area contributed by atoms with E-state index >= 15 is 0 Å². The van der Waals surface area contributed by atoms with Crippen LogP contribution in [0.2, 0.25) is 0 Å². The Bertz CT molecular complexity index is 1820. The SMILES string of the molecule is O=C(Nc1cncc(-c2cc3c(-c4cc5c(-c6ccccc6F)cncc5[nH]4)n[nH]c3cn2)c1)C1CC1. The van der Waals surface area contributed by atoms with Crippen LogP contribution in [0, 0.1) is 11.7 Å². The molecule has 0 saturated heterocycles. The fourth-order valence-electron chi connectivity index (χ4n) is 4.59. The van der Waals surface area contributed by atoms with Gasteiger partial charge in [0.15, 0.2) is 0 Å². The molecule has 1 saturated carbocycles. The van der Waals surface area contributed by atoms with E-state index < -0.39 is 0 Å². The molecule has 180 valence electrons. The van der Waals surface area contributed by atoms with Crippen LogP contribution in [0.3, 0.4) is 0 Å². The molecule has 6 aromatic rings. The number of rotatable bonds is 5. The molecule has 0 spiro atoms. The number of nitrogens with zero attached hydrogens (tertiary/aromatic N) is 4. The van der Waals surface area contributed by atoms with Gasteiger partial charge in [-0.25, -0.2) is 4.39 Å². The Labute approximate surface area is 210 Å². The van der Waals surface area contributed by atoms with Crippen molar-refractivity contribution in [3.8, 4) is 33.8 Å². The first kappa shape index (κ1) is 21.4. The number of benzene rings is 1. The number of fused-ring (bicyclic) bond motifs is 2. The summed E-state index contributed by atoms with van der Waals surface area (Å²) in [6.45, 7) is 0. The maximum absolute atomic E-state index is 14.5. The molecule has 9 heteroatoms. The summed E-state index contributed by atoms with van der Waals surface area (Å²) in [5, 5.41) is 12.2. The minimum Gasteiger partial charge on any atom is -0.352 e. The summed E-state index contributed by atoms with van der Waals surface area (Å²) in [5.41, 5.74) is 6.36. The Balaban J connectivity index is 1.29. The highest BCUT2D eigenvalue weighted by atomic mass is 19.1. The van der Waals surface area contributed by atoms with Crippen molar-refractivity contribution >= 4 is 33.4 Å². The van der Waals surface area contributed by atoms with E-state index in [9.17, 15) is 9.18 Å². The maximum atomic E-state index is 14.5. The van der Waals surface area contributed by atoms with Gasteiger partial charge in [0.1, 0.15) is 11.5 Å². The van der Waals surface area contributed by atoms with E-state index in [0.29, 0.717) is 28.2 Å². The van der Waals surface area contributed by atoms with Crippen molar-refractivity contribution in [3.05, 3.63) is 79.3 Å². The van der Waals surface area contributed by atoms with Gasteiger partial charge in [0.25, 0.3) is 0 Å². The molecular weight excluding hydrogens is 469 g/mol. The number of halogens is 1. The Morgan fingerprint density at radius 3 is 2.65 bits per heavy atom. The van der Waals surface area contributed by atoms with Gasteiger partial charge in [-0.3, -0.25) is 24.8 Å². The van der Waals surface area contributed by atoms with Crippen LogP contribution in [0.5, 0.6) is 0 Å². The van der Waals surface area contributed by atoms with Crippen molar-refractivity contribution in [1.29, 1.82) is 0 Å². The summed E-state index contributed by atoms with van der Waals surface area (Å²) < 4.78 is 14.5. The summed E-state index contributed by atoms with van der Waals surface area (Å²) in [7, 11) is 0. The number of H-pyrrole nitrogens is 2. The minimum absolute atomic E-state index is 0.0301. The Kier molecular flexibility index (Phi) is 4.81. The van der Waals surface area contributed by atoms with Crippen molar-refractivity contribution in [2.75, 3.05) is 5.32 Å². The zero-order valence-electron chi connectivity index (χ0n) is 19.5. The van der Waals surface area contributed by atoms with Crippen LogP contribution in [0.15, 0.2) is 73.4 Å².